The highest BCUT2D eigenvalue weighted by Crippen LogP contribution is 2.41. The molecule has 0 heterocycles. The number of aromatic hydroxyl groups is 1. The van der Waals surface area contributed by atoms with Crippen molar-refractivity contribution in [3.8, 4) is 5.75 Å². The molecule has 152 valence electrons. The monoisotopic (exact) mass is 395 g/mol. The number of nitrogens with one attached hydrogen (secondary N) is 1. The minimum Gasteiger partial charge on any atom is -0.508 e. The number of rotatable bonds is 7. The standard InChI is InChI=1S/C28H29NO/c30-25-13-15-27-24(18-25)12-14-26(22-4-2-1-3-5-22)28(27)23-10-8-20(9-11-23)16-17-29-19-21-6-7-21/h1-5,8-11,13,15,18,21,29-30H,6-7,12,14,16-17,19H2. The highest BCUT2D eigenvalue weighted by molar-refractivity contribution is 6.00. The van der Waals surface area contributed by atoms with Gasteiger partial charge >= 0.3 is 0 Å². The summed E-state index contributed by atoms with van der Waals surface area (Å²) in [4.78, 5) is 0. The van der Waals surface area contributed by atoms with Gasteiger partial charge in [0.2, 0.25) is 0 Å². The van der Waals surface area contributed by atoms with Crippen molar-refractivity contribution < 1.29 is 5.11 Å². The zero-order valence-corrected chi connectivity index (χ0v) is 17.4. The molecule has 0 bridgehead atoms. The molecular formula is C28H29NO. The van der Waals surface area contributed by atoms with E-state index in [-0.39, 0.29) is 0 Å². The van der Waals surface area contributed by atoms with Crippen molar-refractivity contribution in [2.45, 2.75) is 32.1 Å². The molecule has 3 aromatic rings. The largest absolute Gasteiger partial charge is 0.508 e. The van der Waals surface area contributed by atoms with Crippen LogP contribution in [0.5, 0.6) is 5.75 Å². The molecule has 0 radical (unpaired) electrons. The molecule has 2 aliphatic rings. The fourth-order valence-electron chi connectivity index (χ4n) is 4.53. The van der Waals surface area contributed by atoms with E-state index in [0.29, 0.717) is 5.75 Å². The third-order valence-electron chi connectivity index (χ3n) is 6.39. The van der Waals surface area contributed by atoms with Crippen LogP contribution in [0.4, 0.5) is 0 Å². The van der Waals surface area contributed by atoms with Crippen LogP contribution in [0, 0.1) is 5.92 Å². The molecule has 0 amide bonds. The Balaban J connectivity index is 1.46. The molecule has 0 unspecified atom stereocenters. The first-order valence-corrected chi connectivity index (χ1v) is 11.2. The second kappa shape index (κ2) is 8.49. The fraction of sp³-hybridized carbons (Fsp3) is 0.286. The van der Waals surface area contributed by atoms with E-state index in [0.717, 1.165) is 31.7 Å². The van der Waals surface area contributed by atoms with Crippen molar-refractivity contribution in [2.75, 3.05) is 13.1 Å². The molecule has 2 aliphatic carbocycles. The Morgan fingerprint density at radius 2 is 1.63 bits per heavy atom. The first-order valence-electron chi connectivity index (χ1n) is 11.2. The number of hydrogen-bond donors (Lipinski definition) is 2. The van der Waals surface area contributed by atoms with Crippen LogP contribution in [0.15, 0.2) is 72.8 Å². The zero-order valence-electron chi connectivity index (χ0n) is 17.4. The number of phenols is 1. The summed E-state index contributed by atoms with van der Waals surface area (Å²) < 4.78 is 0. The van der Waals surface area contributed by atoms with Crippen molar-refractivity contribution in [1.82, 2.24) is 5.32 Å². The Hall–Kier alpha value is -2.84. The average Bonchev–Trinajstić information content (AvgIpc) is 3.61. The van der Waals surface area contributed by atoms with Crippen LogP contribution in [0.3, 0.4) is 0 Å². The lowest BCUT2D eigenvalue weighted by atomic mass is 9.79. The predicted octanol–water partition coefficient (Wildman–Crippen LogP) is 5.84. The van der Waals surface area contributed by atoms with Crippen LogP contribution in [0.2, 0.25) is 0 Å². The van der Waals surface area contributed by atoms with Crippen molar-refractivity contribution in [3.05, 3.63) is 101 Å². The highest BCUT2D eigenvalue weighted by Gasteiger charge is 2.22. The van der Waals surface area contributed by atoms with Gasteiger partial charge in [0.25, 0.3) is 0 Å². The second-order valence-corrected chi connectivity index (χ2v) is 8.66. The lowest BCUT2D eigenvalue weighted by Crippen LogP contribution is -2.19. The lowest BCUT2D eigenvalue weighted by Gasteiger charge is -2.25. The number of aryl methyl sites for hydroxylation is 1. The van der Waals surface area contributed by atoms with Crippen molar-refractivity contribution in [2.24, 2.45) is 5.92 Å². The molecule has 2 heteroatoms. The van der Waals surface area contributed by atoms with Gasteiger partial charge in [-0.1, -0.05) is 60.7 Å². The predicted molar refractivity (Wildman–Crippen MR) is 125 cm³/mol. The van der Waals surface area contributed by atoms with Gasteiger partial charge in [0.05, 0.1) is 0 Å². The fourth-order valence-corrected chi connectivity index (χ4v) is 4.53. The molecule has 2 N–H and O–H groups in total. The number of phenolic OH excluding ortho intramolecular Hbond substituents is 1. The maximum atomic E-state index is 9.98. The molecular weight excluding hydrogens is 366 g/mol. The number of benzene rings is 3. The first kappa shape index (κ1) is 19.1. The summed E-state index contributed by atoms with van der Waals surface area (Å²) in [6.45, 7) is 2.23. The Bertz CT molecular complexity index is 1050. The number of hydrogen-bond acceptors (Lipinski definition) is 2. The van der Waals surface area contributed by atoms with Crippen molar-refractivity contribution in [1.29, 1.82) is 0 Å². The SMILES string of the molecule is Oc1ccc2c(c1)CCC(c1ccccc1)=C2c1ccc(CCNCC2CC2)cc1. The minimum atomic E-state index is 0.352. The van der Waals surface area contributed by atoms with Gasteiger partial charge in [-0.15, -0.1) is 0 Å². The van der Waals surface area contributed by atoms with Gasteiger partial charge in [0.1, 0.15) is 5.75 Å². The smallest absolute Gasteiger partial charge is 0.115 e. The molecule has 1 fully saturated rings. The Labute approximate surface area is 179 Å². The Morgan fingerprint density at radius 1 is 0.833 bits per heavy atom. The van der Waals surface area contributed by atoms with E-state index in [9.17, 15) is 5.11 Å². The summed E-state index contributed by atoms with van der Waals surface area (Å²) in [5.74, 6) is 1.28. The Kier molecular flexibility index (Phi) is 5.42. The van der Waals surface area contributed by atoms with E-state index < -0.39 is 0 Å². The minimum absolute atomic E-state index is 0.352. The van der Waals surface area contributed by atoms with Gasteiger partial charge in [-0.3, -0.25) is 0 Å². The molecule has 5 rings (SSSR count). The third-order valence-corrected chi connectivity index (χ3v) is 6.39. The van der Waals surface area contributed by atoms with Crippen LogP contribution in [-0.2, 0) is 12.8 Å². The highest BCUT2D eigenvalue weighted by atomic mass is 16.3. The average molecular weight is 396 g/mol. The van der Waals surface area contributed by atoms with E-state index in [1.807, 2.05) is 12.1 Å². The van der Waals surface area contributed by atoms with E-state index in [1.165, 1.54) is 58.3 Å². The molecule has 30 heavy (non-hydrogen) atoms. The van der Waals surface area contributed by atoms with Gasteiger partial charge in [0, 0.05) is 0 Å². The Morgan fingerprint density at radius 3 is 2.40 bits per heavy atom. The topological polar surface area (TPSA) is 32.3 Å². The summed E-state index contributed by atoms with van der Waals surface area (Å²) >= 11 is 0. The van der Waals surface area contributed by atoms with E-state index >= 15 is 0 Å². The van der Waals surface area contributed by atoms with Crippen LogP contribution in [0.25, 0.3) is 11.1 Å². The number of fused-ring (bicyclic) bond motifs is 1. The summed E-state index contributed by atoms with van der Waals surface area (Å²) in [6.07, 6.45) is 5.83. The van der Waals surface area contributed by atoms with Crippen LogP contribution in [0.1, 0.15) is 47.1 Å². The van der Waals surface area contributed by atoms with Crippen molar-refractivity contribution in [3.63, 3.8) is 0 Å². The third kappa shape index (κ3) is 4.20. The lowest BCUT2D eigenvalue weighted by molar-refractivity contribution is 0.474. The molecule has 0 saturated heterocycles. The molecule has 2 nitrogen and oxygen atoms in total. The summed E-state index contributed by atoms with van der Waals surface area (Å²) in [5, 5.41) is 13.6. The quantitative estimate of drug-likeness (QED) is 0.493. The summed E-state index contributed by atoms with van der Waals surface area (Å²) in [7, 11) is 0. The van der Waals surface area contributed by atoms with Crippen LogP contribution >= 0.6 is 0 Å². The van der Waals surface area contributed by atoms with Gasteiger partial charge in [0.15, 0.2) is 0 Å². The van der Waals surface area contributed by atoms with E-state index in [1.54, 1.807) is 0 Å². The maximum Gasteiger partial charge on any atom is 0.115 e. The number of allylic oxidation sites excluding steroid dienone is 1. The molecule has 3 aromatic carbocycles. The first-order chi connectivity index (χ1) is 14.8. The normalized spacial score (nSPS) is 15.9. The molecule has 0 atom stereocenters. The van der Waals surface area contributed by atoms with E-state index in [4.69, 9.17) is 0 Å². The zero-order chi connectivity index (χ0) is 20.3. The van der Waals surface area contributed by atoms with Crippen LogP contribution in [-0.4, -0.2) is 18.2 Å². The van der Waals surface area contributed by atoms with Gasteiger partial charge in [-0.2, -0.15) is 0 Å². The van der Waals surface area contributed by atoms with E-state index in [2.05, 4.69) is 66.0 Å². The van der Waals surface area contributed by atoms with Gasteiger partial charge < -0.3 is 10.4 Å². The molecule has 0 aliphatic heterocycles. The second-order valence-electron chi connectivity index (χ2n) is 8.66. The molecule has 0 aromatic heterocycles. The molecule has 0 spiro atoms. The van der Waals surface area contributed by atoms with Gasteiger partial charge in [-0.05, 0) is 102 Å². The van der Waals surface area contributed by atoms with Gasteiger partial charge in [-0.25, -0.2) is 0 Å². The molecule has 1 saturated carbocycles. The van der Waals surface area contributed by atoms with Crippen molar-refractivity contribution >= 4 is 11.1 Å². The maximum absolute atomic E-state index is 9.98. The summed E-state index contributed by atoms with van der Waals surface area (Å²) in [5.41, 5.74) is 9.11. The van der Waals surface area contributed by atoms with Crippen LogP contribution < -0.4 is 5.32 Å². The summed E-state index contributed by atoms with van der Waals surface area (Å²) in [6, 6.07) is 25.6.